The molecule has 0 N–H and O–H groups in total. The Morgan fingerprint density at radius 2 is 1.45 bits per heavy atom. The Morgan fingerprint density at radius 3 is 2.12 bits per heavy atom. The summed E-state index contributed by atoms with van der Waals surface area (Å²) >= 11 is 0. The van der Waals surface area contributed by atoms with Crippen molar-refractivity contribution in [3.05, 3.63) is 127 Å². The maximum Gasteiger partial charge on any atom is 0.160 e. The summed E-state index contributed by atoms with van der Waals surface area (Å²) in [4.78, 5) is 7.10. The summed E-state index contributed by atoms with van der Waals surface area (Å²) < 4.78 is 0. The summed E-state index contributed by atoms with van der Waals surface area (Å²) in [5, 5.41) is 4.37. The molecule has 0 saturated heterocycles. The van der Waals surface area contributed by atoms with Gasteiger partial charge in [-0.15, -0.1) is 0 Å². The van der Waals surface area contributed by atoms with Crippen LogP contribution in [0, 0.1) is 6.92 Å². The molecule has 2 nitrogen and oxygen atoms in total. The number of fused-ring (bicyclic) bond motifs is 2. The van der Waals surface area contributed by atoms with Crippen LogP contribution in [0.25, 0.3) is 5.57 Å². The van der Waals surface area contributed by atoms with Gasteiger partial charge in [0.2, 0.25) is 0 Å². The van der Waals surface area contributed by atoms with Crippen LogP contribution in [0.1, 0.15) is 17.7 Å². The van der Waals surface area contributed by atoms with Gasteiger partial charge < -0.3 is 4.90 Å². The van der Waals surface area contributed by atoms with Gasteiger partial charge in [-0.05, 0) is 53.1 Å². The van der Waals surface area contributed by atoms with Crippen LogP contribution in [0.3, 0.4) is 0 Å². The van der Waals surface area contributed by atoms with E-state index in [-0.39, 0.29) is 6.04 Å². The number of hydrogen-bond donors (Lipinski definition) is 0. The first-order chi connectivity index (χ1) is 16.3. The predicted molar refractivity (Wildman–Crippen MR) is 141 cm³/mol. The number of allylic oxidation sites excluding steroid dienone is 2. The van der Waals surface area contributed by atoms with Gasteiger partial charge in [0.1, 0.15) is 0 Å². The molecule has 1 aromatic heterocycles. The largest absolute Gasteiger partial charge is 0.334 e. The van der Waals surface area contributed by atoms with E-state index < -0.39 is 8.80 Å². The lowest BCUT2D eigenvalue weighted by Gasteiger charge is -2.41. The van der Waals surface area contributed by atoms with E-state index in [9.17, 15) is 0 Å². The van der Waals surface area contributed by atoms with Gasteiger partial charge in [-0.2, -0.15) is 0 Å². The minimum atomic E-state index is -1.07. The average molecular weight is 442 g/mol. The molecule has 2 heterocycles. The van der Waals surface area contributed by atoms with Crippen molar-refractivity contribution in [2.24, 2.45) is 0 Å². The molecule has 0 amide bonds. The molecule has 1 atom stereocenters. The van der Waals surface area contributed by atoms with E-state index in [1.54, 1.807) is 0 Å². The SMILES string of the molecule is Cc1ccc(C2=CC=CC(N3c4ccccc4[Si](c4ccccc4)c4ccccc43)C2)cn1. The first-order valence-corrected chi connectivity index (χ1v) is 13.0. The summed E-state index contributed by atoms with van der Waals surface area (Å²) in [6.45, 7) is 2.04. The molecule has 1 unspecified atom stereocenters. The molecule has 6 rings (SSSR count). The summed E-state index contributed by atoms with van der Waals surface area (Å²) in [5.74, 6) is 0. The number of anilines is 2. The lowest BCUT2D eigenvalue weighted by Crippen LogP contribution is -2.59. The second-order valence-corrected chi connectivity index (χ2v) is 11.1. The molecular formula is C30H25N2Si. The molecule has 0 spiro atoms. The van der Waals surface area contributed by atoms with Gasteiger partial charge in [0.05, 0.1) is 6.04 Å². The molecule has 33 heavy (non-hydrogen) atoms. The fourth-order valence-corrected chi connectivity index (χ4v) is 7.93. The van der Waals surface area contributed by atoms with Gasteiger partial charge in [-0.1, -0.05) is 96.2 Å². The van der Waals surface area contributed by atoms with Crippen LogP contribution in [-0.4, -0.2) is 19.8 Å². The van der Waals surface area contributed by atoms with E-state index >= 15 is 0 Å². The Labute approximate surface area is 197 Å². The molecule has 1 aliphatic carbocycles. The third kappa shape index (κ3) is 3.55. The molecular weight excluding hydrogens is 416 g/mol. The molecule has 2 aliphatic rings. The highest BCUT2D eigenvalue weighted by Crippen LogP contribution is 2.35. The topological polar surface area (TPSA) is 16.1 Å². The van der Waals surface area contributed by atoms with Gasteiger partial charge in [-0.3, -0.25) is 4.98 Å². The lowest BCUT2D eigenvalue weighted by molar-refractivity contribution is 0.797. The van der Waals surface area contributed by atoms with Crippen molar-refractivity contribution in [3.63, 3.8) is 0 Å². The zero-order chi connectivity index (χ0) is 22.2. The van der Waals surface area contributed by atoms with Crippen molar-refractivity contribution in [1.29, 1.82) is 0 Å². The number of para-hydroxylation sites is 2. The molecule has 3 aromatic carbocycles. The van der Waals surface area contributed by atoms with Crippen LogP contribution in [0.15, 0.2) is 115 Å². The Kier molecular flexibility index (Phi) is 5.04. The van der Waals surface area contributed by atoms with Crippen molar-refractivity contribution >= 4 is 41.3 Å². The minimum Gasteiger partial charge on any atom is -0.334 e. The molecule has 0 fully saturated rings. The Bertz CT molecular complexity index is 1310. The van der Waals surface area contributed by atoms with E-state index in [4.69, 9.17) is 0 Å². The fourth-order valence-electron chi connectivity index (χ4n) is 5.05. The van der Waals surface area contributed by atoms with Crippen LogP contribution >= 0.6 is 0 Å². The second kappa shape index (κ2) is 8.34. The maximum absolute atomic E-state index is 4.53. The molecule has 1 radical (unpaired) electrons. The van der Waals surface area contributed by atoms with Crippen molar-refractivity contribution in [3.8, 4) is 0 Å². The molecule has 4 aromatic rings. The Balaban J connectivity index is 1.45. The van der Waals surface area contributed by atoms with E-state index in [1.807, 2.05) is 13.1 Å². The van der Waals surface area contributed by atoms with Gasteiger partial charge >= 0.3 is 0 Å². The van der Waals surface area contributed by atoms with Gasteiger partial charge in [0.15, 0.2) is 8.80 Å². The van der Waals surface area contributed by atoms with Crippen molar-refractivity contribution in [1.82, 2.24) is 4.98 Å². The fraction of sp³-hybridized carbons (Fsp3) is 0.100. The van der Waals surface area contributed by atoms with Crippen molar-refractivity contribution in [2.75, 3.05) is 4.90 Å². The van der Waals surface area contributed by atoms with E-state index in [0.29, 0.717) is 0 Å². The second-order valence-electron chi connectivity index (χ2n) is 8.68. The zero-order valence-electron chi connectivity index (χ0n) is 18.6. The van der Waals surface area contributed by atoms with Crippen molar-refractivity contribution < 1.29 is 0 Å². The standard InChI is InChI=1S/C30H25N2Si/c1-22-18-19-24(21-31-22)23-10-9-11-25(20-23)32-27-14-5-7-16-29(27)33(26-12-3-2-4-13-26)30-17-8-6-15-28(30)32/h2-19,21,25H,20H2,1H3. The van der Waals surface area contributed by atoms with E-state index in [0.717, 1.165) is 12.1 Å². The minimum absolute atomic E-state index is 0.257. The number of rotatable bonds is 3. The first kappa shape index (κ1) is 20.0. The van der Waals surface area contributed by atoms with Crippen LogP contribution < -0.4 is 20.5 Å². The predicted octanol–water partition coefficient (Wildman–Crippen LogP) is 4.77. The number of nitrogens with zero attached hydrogens (tertiary/aromatic N) is 2. The number of hydrogen-bond acceptors (Lipinski definition) is 2. The number of aromatic nitrogens is 1. The molecule has 159 valence electrons. The zero-order valence-corrected chi connectivity index (χ0v) is 19.6. The molecule has 1 aliphatic heterocycles. The van der Waals surface area contributed by atoms with Crippen LogP contribution in [0.4, 0.5) is 11.4 Å². The third-order valence-corrected chi connectivity index (χ3v) is 9.44. The highest BCUT2D eigenvalue weighted by atomic mass is 28.3. The normalized spacial score (nSPS) is 17.3. The summed E-state index contributed by atoms with van der Waals surface area (Å²) in [7, 11) is -1.07. The van der Waals surface area contributed by atoms with Gasteiger partial charge in [-0.25, -0.2) is 0 Å². The van der Waals surface area contributed by atoms with Gasteiger partial charge in [0.25, 0.3) is 0 Å². The van der Waals surface area contributed by atoms with Crippen LogP contribution in [0.5, 0.6) is 0 Å². The van der Waals surface area contributed by atoms with Crippen molar-refractivity contribution in [2.45, 2.75) is 19.4 Å². The van der Waals surface area contributed by atoms with Crippen LogP contribution in [0.2, 0.25) is 0 Å². The lowest BCUT2D eigenvalue weighted by atomic mass is 9.93. The van der Waals surface area contributed by atoms with E-state index in [1.165, 1.54) is 38.1 Å². The highest BCUT2D eigenvalue weighted by molar-refractivity contribution is 6.97. The smallest absolute Gasteiger partial charge is 0.160 e. The molecule has 0 saturated carbocycles. The monoisotopic (exact) mass is 441 g/mol. The molecule has 3 heteroatoms. The van der Waals surface area contributed by atoms with Gasteiger partial charge in [0, 0.05) is 23.3 Å². The number of aryl methyl sites for hydroxylation is 1. The third-order valence-electron chi connectivity index (χ3n) is 6.60. The van der Waals surface area contributed by atoms with Crippen LogP contribution in [-0.2, 0) is 0 Å². The highest BCUT2D eigenvalue weighted by Gasteiger charge is 2.35. The number of benzene rings is 3. The maximum atomic E-state index is 4.53. The summed E-state index contributed by atoms with van der Waals surface area (Å²) in [5.41, 5.74) is 6.28. The molecule has 0 bridgehead atoms. The summed E-state index contributed by atoms with van der Waals surface area (Å²) in [6.07, 6.45) is 9.76. The Morgan fingerprint density at radius 1 is 0.788 bits per heavy atom. The summed E-state index contributed by atoms with van der Waals surface area (Å²) in [6, 6.07) is 33.6. The quantitative estimate of drug-likeness (QED) is 0.426. The first-order valence-electron chi connectivity index (χ1n) is 11.5. The number of pyridine rings is 1. The van der Waals surface area contributed by atoms with E-state index in [2.05, 4.69) is 119 Å². The average Bonchev–Trinajstić information content (AvgIpc) is 2.88. The Hall–Kier alpha value is -3.69.